The molecule has 0 radical (unpaired) electrons. The summed E-state index contributed by atoms with van der Waals surface area (Å²) in [5.74, 6) is 0. The Labute approximate surface area is 189 Å². The maximum atomic E-state index is 12.0. The first-order valence-corrected chi connectivity index (χ1v) is 10.0. The van der Waals surface area contributed by atoms with Gasteiger partial charge in [-0.2, -0.15) is 0 Å². The number of benzene rings is 3. The SMILES string of the molecule is O.O.O=C(NCc1cccnc1)Nc1ccc(SNc2cccc3ccccc23)cc1.[HH].[HH].[HH]. The number of hydrogen-bond acceptors (Lipinski definition) is 4. The third-order valence-corrected chi connectivity index (χ3v) is 5.19. The first kappa shape index (κ1) is 23.7. The number of carbonyl (C=O) groups is 1. The minimum Gasteiger partial charge on any atom is -0.412 e. The number of hydrogen-bond donors (Lipinski definition) is 3. The zero-order valence-electron chi connectivity index (χ0n) is 16.6. The van der Waals surface area contributed by atoms with Crippen molar-refractivity contribution in [2.24, 2.45) is 0 Å². The number of anilines is 2. The van der Waals surface area contributed by atoms with Crippen molar-refractivity contribution in [3.63, 3.8) is 0 Å². The van der Waals surface area contributed by atoms with Crippen LogP contribution in [0.5, 0.6) is 0 Å². The van der Waals surface area contributed by atoms with Crippen LogP contribution in [0.2, 0.25) is 0 Å². The maximum Gasteiger partial charge on any atom is 0.319 e. The average Bonchev–Trinajstić information content (AvgIpc) is 2.78. The van der Waals surface area contributed by atoms with E-state index in [0.717, 1.165) is 21.8 Å². The lowest BCUT2D eigenvalue weighted by Gasteiger charge is -2.10. The van der Waals surface area contributed by atoms with Gasteiger partial charge in [-0.05, 0) is 59.3 Å². The molecule has 0 spiro atoms. The zero-order valence-corrected chi connectivity index (χ0v) is 17.4. The van der Waals surface area contributed by atoms with Crippen LogP contribution in [0.4, 0.5) is 16.2 Å². The number of nitrogens with one attached hydrogen (secondary N) is 3. The third-order valence-electron chi connectivity index (χ3n) is 4.36. The number of urea groups is 1. The lowest BCUT2D eigenvalue weighted by Crippen LogP contribution is -2.28. The van der Waals surface area contributed by atoms with E-state index in [1.54, 1.807) is 12.4 Å². The summed E-state index contributed by atoms with van der Waals surface area (Å²) in [4.78, 5) is 17.1. The minimum absolute atomic E-state index is 0. The second kappa shape index (κ2) is 11.6. The molecule has 2 amide bonds. The molecular formula is C23H30N4O3S. The van der Waals surface area contributed by atoms with Crippen molar-refractivity contribution >= 4 is 40.1 Å². The molecule has 31 heavy (non-hydrogen) atoms. The molecule has 7 nitrogen and oxygen atoms in total. The Bertz CT molecular complexity index is 1120. The monoisotopic (exact) mass is 442 g/mol. The standard InChI is InChI=1S/C23H20N4OS.2H2O.3H2/c28-23(25-16-17-5-4-14-24-15-17)26-19-10-12-20(13-11-19)29-27-22-9-3-7-18-6-1-2-8-21(18)22;;;;;/h1-15,27H,16H2,(H2,25,26,28);2*1H2;3*1H. The molecule has 0 aliphatic carbocycles. The molecule has 0 fully saturated rings. The fourth-order valence-electron chi connectivity index (χ4n) is 2.89. The Kier molecular flexibility index (Phi) is 8.83. The molecule has 166 valence electrons. The van der Waals surface area contributed by atoms with E-state index >= 15 is 0 Å². The van der Waals surface area contributed by atoms with E-state index in [2.05, 4.69) is 44.6 Å². The van der Waals surface area contributed by atoms with Crippen LogP contribution in [0, 0.1) is 0 Å². The molecule has 4 aromatic rings. The van der Waals surface area contributed by atoms with E-state index in [9.17, 15) is 4.79 Å². The van der Waals surface area contributed by atoms with Gasteiger partial charge in [0.2, 0.25) is 0 Å². The van der Waals surface area contributed by atoms with Gasteiger partial charge in [0.15, 0.2) is 0 Å². The van der Waals surface area contributed by atoms with Gasteiger partial charge in [-0.1, -0.05) is 42.5 Å². The second-order valence-electron chi connectivity index (χ2n) is 6.42. The van der Waals surface area contributed by atoms with Gasteiger partial charge in [-0.15, -0.1) is 0 Å². The highest BCUT2D eigenvalue weighted by molar-refractivity contribution is 8.00. The molecular weight excluding hydrogens is 412 g/mol. The Morgan fingerprint density at radius 2 is 1.68 bits per heavy atom. The van der Waals surface area contributed by atoms with Crippen LogP contribution in [0.1, 0.15) is 9.84 Å². The van der Waals surface area contributed by atoms with Crippen molar-refractivity contribution in [2.45, 2.75) is 11.4 Å². The topological polar surface area (TPSA) is 129 Å². The Balaban J connectivity index is 0. The third kappa shape index (κ3) is 6.45. The first-order chi connectivity index (χ1) is 14.3. The fraction of sp³-hybridized carbons (Fsp3) is 0.0435. The number of nitrogens with zero attached hydrogens (tertiary/aromatic N) is 1. The summed E-state index contributed by atoms with van der Waals surface area (Å²) in [7, 11) is 0. The van der Waals surface area contributed by atoms with Crippen LogP contribution in [-0.2, 0) is 6.54 Å². The van der Waals surface area contributed by atoms with Crippen LogP contribution in [0.3, 0.4) is 0 Å². The van der Waals surface area contributed by atoms with Crippen molar-refractivity contribution in [3.8, 4) is 0 Å². The lowest BCUT2D eigenvalue weighted by atomic mass is 10.1. The maximum absolute atomic E-state index is 12.0. The van der Waals surface area contributed by atoms with E-state index in [0.29, 0.717) is 6.54 Å². The minimum atomic E-state index is -0.247. The second-order valence-corrected chi connectivity index (χ2v) is 7.30. The average molecular weight is 443 g/mol. The predicted molar refractivity (Wildman–Crippen MR) is 134 cm³/mol. The van der Waals surface area contributed by atoms with E-state index in [1.807, 2.05) is 54.6 Å². The largest absolute Gasteiger partial charge is 0.412 e. The summed E-state index contributed by atoms with van der Waals surface area (Å²) in [6.45, 7) is 0.433. The van der Waals surface area contributed by atoms with Gasteiger partial charge < -0.3 is 26.3 Å². The van der Waals surface area contributed by atoms with Crippen molar-refractivity contribution < 1.29 is 20.0 Å². The van der Waals surface area contributed by atoms with Gasteiger partial charge in [0.25, 0.3) is 0 Å². The fourth-order valence-corrected chi connectivity index (χ4v) is 3.57. The van der Waals surface area contributed by atoms with Crippen molar-refractivity contribution in [1.29, 1.82) is 0 Å². The van der Waals surface area contributed by atoms with Crippen LogP contribution in [-0.4, -0.2) is 22.0 Å². The lowest BCUT2D eigenvalue weighted by molar-refractivity contribution is 0.251. The molecule has 0 bridgehead atoms. The number of aromatic nitrogens is 1. The first-order valence-electron chi connectivity index (χ1n) is 9.22. The van der Waals surface area contributed by atoms with Gasteiger partial charge >= 0.3 is 6.03 Å². The Hall–Kier alpha value is -3.59. The molecule has 1 heterocycles. The Morgan fingerprint density at radius 3 is 2.45 bits per heavy atom. The molecule has 0 unspecified atom stereocenters. The summed E-state index contributed by atoms with van der Waals surface area (Å²) in [6.07, 6.45) is 3.44. The van der Waals surface area contributed by atoms with Gasteiger partial charge in [-0.25, -0.2) is 4.79 Å². The predicted octanol–water partition coefficient (Wildman–Crippen LogP) is 4.76. The molecule has 3 aromatic carbocycles. The molecule has 7 N–H and O–H groups in total. The molecule has 0 atom stereocenters. The Morgan fingerprint density at radius 1 is 0.903 bits per heavy atom. The van der Waals surface area contributed by atoms with Crippen molar-refractivity contribution in [2.75, 3.05) is 10.0 Å². The molecule has 1 aromatic heterocycles. The van der Waals surface area contributed by atoms with Crippen molar-refractivity contribution in [3.05, 3.63) is 96.8 Å². The highest BCUT2D eigenvalue weighted by Crippen LogP contribution is 2.28. The molecule has 0 aliphatic heterocycles. The van der Waals surface area contributed by atoms with Crippen LogP contribution < -0.4 is 15.4 Å². The van der Waals surface area contributed by atoms with Gasteiger partial charge in [0.05, 0.1) is 5.69 Å². The summed E-state index contributed by atoms with van der Waals surface area (Å²) in [5.41, 5.74) is 2.77. The number of fused-ring (bicyclic) bond motifs is 1. The summed E-state index contributed by atoms with van der Waals surface area (Å²) in [6, 6.07) is 25.7. The van der Waals surface area contributed by atoms with Crippen molar-refractivity contribution in [1.82, 2.24) is 10.3 Å². The number of amides is 2. The molecule has 4 rings (SSSR count). The normalized spacial score (nSPS) is 9.81. The molecule has 0 saturated carbocycles. The number of carbonyl (C=O) groups excluding carboxylic acids is 1. The number of pyridine rings is 1. The van der Waals surface area contributed by atoms with E-state index in [-0.39, 0.29) is 21.3 Å². The van der Waals surface area contributed by atoms with Gasteiger partial charge in [0.1, 0.15) is 0 Å². The highest BCUT2D eigenvalue weighted by Gasteiger charge is 2.04. The van der Waals surface area contributed by atoms with E-state index in [4.69, 9.17) is 0 Å². The summed E-state index contributed by atoms with van der Waals surface area (Å²) >= 11 is 1.54. The van der Waals surface area contributed by atoms with Crippen LogP contribution >= 0.6 is 11.9 Å². The highest BCUT2D eigenvalue weighted by atomic mass is 32.2. The van der Waals surface area contributed by atoms with E-state index in [1.165, 1.54) is 22.7 Å². The summed E-state index contributed by atoms with van der Waals surface area (Å²) in [5, 5.41) is 8.05. The molecule has 8 heteroatoms. The smallest absolute Gasteiger partial charge is 0.319 e. The molecule has 0 aliphatic rings. The zero-order chi connectivity index (χ0) is 19.9. The van der Waals surface area contributed by atoms with Gasteiger partial charge in [-0.3, -0.25) is 4.98 Å². The van der Waals surface area contributed by atoms with Crippen LogP contribution in [0.15, 0.2) is 96.2 Å². The molecule has 0 saturated heterocycles. The van der Waals surface area contributed by atoms with E-state index < -0.39 is 0 Å². The van der Waals surface area contributed by atoms with Gasteiger partial charge in [0, 0.05) is 39.2 Å². The quantitative estimate of drug-likeness (QED) is 0.372. The summed E-state index contributed by atoms with van der Waals surface area (Å²) < 4.78 is 3.41. The van der Waals surface area contributed by atoms with Crippen LogP contribution in [0.25, 0.3) is 10.8 Å². The number of rotatable bonds is 6.